The first-order valence-electron chi connectivity index (χ1n) is 8.36. The van der Waals surface area contributed by atoms with Crippen LogP contribution in [0.3, 0.4) is 0 Å². The Hall–Kier alpha value is -1.81. The van der Waals surface area contributed by atoms with Crippen LogP contribution in [0.1, 0.15) is 34.1 Å². The molecule has 0 radical (unpaired) electrons. The lowest BCUT2D eigenvalue weighted by atomic mass is 10.0. The van der Waals surface area contributed by atoms with Gasteiger partial charge in [0.1, 0.15) is 11.6 Å². The van der Waals surface area contributed by atoms with E-state index in [1.165, 1.54) is 23.9 Å². The highest BCUT2D eigenvalue weighted by Gasteiger charge is 2.25. The molecule has 3 rings (SSSR count). The van der Waals surface area contributed by atoms with E-state index in [9.17, 15) is 9.18 Å². The molecule has 0 bridgehead atoms. The van der Waals surface area contributed by atoms with Crippen LogP contribution in [-0.4, -0.2) is 5.78 Å². The molecule has 5 heteroatoms. The molecule has 0 saturated heterocycles. The van der Waals surface area contributed by atoms with Crippen molar-refractivity contribution in [3.05, 3.63) is 105 Å². The van der Waals surface area contributed by atoms with Crippen LogP contribution in [-0.2, 0) is 4.79 Å². The molecule has 3 aromatic carbocycles. The molecule has 0 heterocycles. The summed E-state index contributed by atoms with van der Waals surface area (Å²) in [6.07, 6.45) is 0. The van der Waals surface area contributed by atoms with E-state index >= 15 is 0 Å². The fourth-order valence-corrected chi connectivity index (χ4v) is 4.47. The Balaban J connectivity index is 2.00. The van der Waals surface area contributed by atoms with Gasteiger partial charge in [-0.15, -0.1) is 11.8 Å². The van der Waals surface area contributed by atoms with E-state index in [2.05, 4.69) is 0 Å². The van der Waals surface area contributed by atoms with Gasteiger partial charge in [0.05, 0.1) is 10.5 Å². The van der Waals surface area contributed by atoms with Crippen molar-refractivity contribution in [3.8, 4) is 0 Å². The van der Waals surface area contributed by atoms with E-state index in [1.54, 1.807) is 19.1 Å². The van der Waals surface area contributed by atoms with Crippen molar-refractivity contribution in [2.75, 3.05) is 0 Å². The lowest BCUT2D eigenvalue weighted by molar-refractivity contribution is -0.116. The second kappa shape index (κ2) is 8.92. The van der Waals surface area contributed by atoms with E-state index in [0.29, 0.717) is 10.0 Å². The standard InChI is InChI=1S/C22H17Cl2FOS/c1-14(26)21(15-6-12-20(25)13-7-15)27-22(16-2-8-18(23)9-3-16)17-4-10-19(24)11-5-17/h2-13,21-22H,1H3. The molecule has 0 fully saturated rings. The average molecular weight is 419 g/mol. The highest BCUT2D eigenvalue weighted by molar-refractivity contribution is 8.00. The molecule has 138 valence electrons. The molecule has 0 aliphatic rings. The van der Waals surface area contributed by atoms with Gasteiger partial charge in [-0.25, -0.2) is 4.39 Å². The Labute approximate surface area is 172 Å². The summed E-state index contributed by atoms with van der Waals surface area (Å²) in [4.78, 5) is 12.4. The Bertz CT molecular complexity index is 863. The summed E-state index contributed by atoms with van der Waals surface area (Å²) in [5.74, 6) is -0.308. The largest absolute Gasteiger partial charge is 0.298 e. The molecule has 0 N–H and O–H groups in total. The molecule has 0 saturated carbocycles. The summed E-state index contributed by atoms with van der Waals surface area (Å²) < 4.78 is 13.3. The van der Waals surface area contributed by atoms with Crippen LogP contribution in [0.5, 0.6) is 0 Å². The molecule has 0 aliphatic heterocycles. The van der Waals surface area contributed by atoms with Crippen LogP contribution < -0.4 is 0 Å². The predicted octanol–water partition coefficient (Wildman–Crippen LogP) is 7.29. The van der Waals surface area contributed by atoms with Crippen molar-refractivity contribution in [3.63, 3.8) is 0 Å². The van der Waals surface area contributed by atoms with Crippen LogP contribution >= 0.6 is 35.0 Å². The minimum absolute atomic E-state index is 0.0135. The third-order valence-electron chi connectivity index (χ3n) is 4.16. The minimum atomic E-state index is -0.415. The van der Waals surface area contributed by atoms with Crippen molar-refractivity contribution >= 4 is 40.7 Å². The van der Waals surface area contributed by atoms with Crippen LogP contribution in [0.25, 0.3) is 0 Å². The van der Waals surface area contributed by atoms with Gasteiger partial charge in [0, 0.05) is 10.0 Å². The number of carbonyl (C=O) groups is 1. The van der Waals surface area contributed by atoms with E-state index < -0.39 is 5.25 Å². The Morgan fingerprint density at radius 3 is 1.59 bits per heavy atom. The number of ketones is 1. The maximum atomic E-state index is 13.3. The van der Waals surface area contributed by atoms with Crippen molar-refractivity contribution in [2.45, 2.75) is 17.4 Å². The monoisotopic (exact) mass is 418 g/mol. The van der Waals surface area contributed by atoms with Crippen molar-refractivity contribution in [1.29, 1.82) is 0 Å². The van der Waals surface area contributed by atoms with Gasteiger partial charge in [0.2, 0.25) is 0 Å². The number of benzene rings is 3. The Morgan fingerprint density at radius 2 is 1.19 bits per heavy atom. The average Bonchev–Trinajstić information content (AvgIpc) is 2.65. The van der Waals surface area contributed by atoms with E-state index in [1.807, 2.05) is 48.5 Å². The van der Waals surface area contributed by atoms with Crippen molar-refractivity contribution in [1.82, 2.24) is 0 Å². The molecule has 1 nitrogen and oxygen atoms in total. The summed E-state index contributed by atoms with van der Waals surface area (Å²) in [6, 6.07) is 21.2. The first-order valence-corrected chi connectivity index (χ1v) is 10.1. The van der Waals surface area contributed by atoms with Gasteiger partial charge in [-0.05, 0) is 60.0 Å². The molecule has 0 aromatic heterocycles. The number of halogens is 3. The Kier molecular flexibility index (Phi) is 6.59. The zero-order valence-corrected chi connectivity index (χ0v) is 16.9. The third kappa shape index (κ3) is 5.13. The zero-order chi connectivity index (χ0) is 19.4. The molecule has 27 heavy (non-hydrogen) atoms. The summed E-state index contributed by atoms with van der Waals surface area (Å²) in [5, 5.41) is 0.793. The molecule has 3 aromatic rings. The molecule has 1 atom stereocenters. The first-order chi connectivity index (χ1) is 12.9. The highest BCUT2D eigenvalue weighted by Crippen LogP contribution is 2.45. The molecule has 0 aliphatic carbocycles. The third-order valence-corrected chi connectivity index (χ3v) is 6.36. The lowest BCUT2D eigenvalue weighted by Crippen LogP contribution is -2.09. The van der Waals surface area contributed by atoms with E-state index in [4.69, 9.17) is 23.2 Å². The van der Waals surface area contributed by atoms with Crippen molar-refractivity contribution in [2.24, 2.45) is 0 Å². The van der Waals surface area contributed by atoms with Gasteiger partial charge < -0.3 is 0 Å². The number of thioether (sulfide) groups is 1. The normalized spacial score (nSPS) is 12.2. The van der Waals surface area contributed by atoms with Crippen LogP contribution in [0.2, 0.25) is 10.0 Å². The minimum Gasteiger partial charge on any atom is -0.298 e. The smallest absolute Gasteiger partial charge is 0.147 e. The fraction of sp³-hybridized carbons (Fsp3) is 0.136. The van der Waals surface area contributed by atoms with Crippen LogP contribution in [0.15, 0.2) is 72.8 Å². The number of hydrogen-bond donors (Lipinski definition) is 0. The molecule has 0 amide bonds. The predicted molar refractivity (Wildman–Crippen MR) is 112 cm³/mol. The van der Waals surface area contributed by atoms with Gasteiger partial charge in [-0.1, -0.05) is 59.6 Å². The van der Waals surface area contributed by atoms with Crippen LogP contribution in [0.4, 0.5) is 4.39 Å². The number of carbonyl (C=O) groups excluding carboxylic acids is 1. The van der Waals surface area contributed by atoms with Gasteiger partial charge in [-0.2, -0.15) is 0 Å². The summed E-state index contributed by atoms with van der Waals surface area (Å²) in [5.41, 5.74) is 2.84. The van der Waals surface area contributed by atoms with Gasteiger partial charge in [0.15, 0.2) is 0 Å². The molecule has 1 unspecified atom stereocenters. The van der Waals surface area contributed by atoms with E-state index in [-0.39, 0.29) is 16.9 Å². The molecular formula is C22H17Cl2FOS. The first kappa shape index (κ1) is 19.9. The second-order valence-electron chi connectivity index (χ2n) is 6.16. The summed E-state index contributed by atoms with van der Waals surface area (Å²) >= 11 is 13.6. The topological polar surface area (TPSA) is 17.1 Å². The SMILES string of the molecule is CC(=O)C(SC(c1ccc(Cl)cc1)c1ccc(Cl)cc1)c1ccc(F)cc1. The van der Waals surface area contributed by atoms with Gasteiger partial charge in [-0.3, -0.25) is 4.79 Å². The number of hydrogen-bond acceptors (Lipinski definition) is 2. The fourth-order valence-electron chi connectivity index (χ4n) is 2.81. The number of Topliss-reactive ketones (excluding diaryl/α,β-unsaturated/α-hetero) is 1. The highest BCUT2D eigenvalue weighted by atomic mass is 35.5. The maximum Gasteiger partial charge on any atom is 0.147 e. The van der Waals surface area contributed by atoms with Gasteiger partial charge in [0.25, 0.3) is 0 Å². The van der Waals surface area contributed by atoms with Gasteiger partial charge >= 0.3 is 0 Å². The zero-order valence-electron chi connectivity index (χ0n) is 14.5. The van der Waals surface area contributed by atoms with E-state index in [0.717, 1.165) is 16.7 Å². The van der Waals surface area contributed by atoms with Crippen LogP contribution in [0, 0.1) is 5.82 Å². The Morgan fingerprint density at radius 1 is 0.778 bits per heavy atom. The summed E-state index contributed by atoms with van der Waals surface area (Å²) in [6.45, 7) is 1.56. The number of rotatable bonds is 6. The second-order valence-corrected chi connectivity index (χ2v) is 8.25. The quantitative estimate of drug-likeness (QED) is 0.417. The lowest BCUT2D eigenvalue weighted by Gasteiger charge is -2.23. The molecular weight excluding hydrogens is 402 g/mol. The maximum absolute atomic E-state index is 13.3. The molecule has 0 spiro atoms. The van der Waals surface area contributed by atoms with Crippen molar-refractivity contribution < 1.29 is 9.18 Å². The summed E-state index contributed by atoms with van der Waals surface area (Å²) in [7, 11) is 0.